The van der Waals surface area contributed by atoms with E-state index >= 15 is 0 Å². The molecular weight excluding hydrogens is 420 g/mol. The normalized spacial score (nSPS) is 10.4. The third-order valence-corrected chi connectivity index (χ3v) is 4.83. The SMILES string of the molecule is CCOc1ccc(C(=O)Nc2cc([N+](=O)[O-])ccc2C)cc1COc1ccccc1Cl. The second-order valence-corrected chi connectivity index (χ2v) is 7.09. The van der Waals surface area contributed by atoms with Crippen LogP contribution in [0, 0.1) is 17.0 Å². The molecule has 0 aliphatic carbocycles. The molecule has 7 nitrogen and oxygen atoms in total. The Hall–Kier alpha value is -3.58. The van der Waals surface area contributed by atoms with Crippen LogP contribution in [-0.2, 0) is 6.61 Å². The molecule has 0 unspecified atom stereocenters. The van der Waals surface area contributed by atoms with Crippen molar-refractivity contribution in [2.45, 2.75) is 20.5 Å². The highest BCUT2D eigenvalue weighted by atomic mass is 35.5. The molecule has 0 atom stereocenters. The molecule has 0 spiro atoms. The number of hydrogen-bond donors (Lipinski definition) is 1. The van der Waals surface area contributed by atoms with Gasteiger partial charge in [-0.05, 0) is 49.7 Å². The fourth-order valence-electron chi connectivity index (χ4n) is 2.90. The highest BCUT2D eigenvalue weighted by Crippen LogP contribution is 2.28. The predicted octanol–water partition coefficient (Wildman–Crippen LogP) is 5.79. The summed E-state index contributed by atoms with van der Waals surface area (Å²) in [5.74, 6) is 0.719. The second-order valence-electron chi connectivity index (χ2n) is 6.69. The summed E-state index contributed by atoms with van der Waals surface area (Å²) in [4.78, 5) is 23.3. The highest BCUT2D eigenvalue weighted by Gasteiger charge is 2.15. The lowest BCUT2D eigenvalue weighted by atomic mass is 10.1. The number of carbonyl (C=O) groups is 1. The number of ether oxygens (including phenoxy) is 2. The van der Waals surface area contributed by atoms with Crippen molar-refractivity contribution in [2.24, 2.45) is 0 Å². The van der Waals surface area contributed by atoms with E-state index in [1.165, 1.54) is 12.1 Å². The minimum atomic E-state index is -0.504. The number of benzene rings is 3. The van der Waals surface area contributed by atoms with Crippen LogP contribution in [0.25, 0.3) is 0 Å². The lowest BCUT2D eigenvalue weighted by Crippen LogP contribution is -2.14. The quantitative estimate of drug-likeness (QED) is 0.353. The molecular formula is C23H21ClN2O5. The molecule has 0 heterocycles. The Kier molecular flexibility index (Phi) is 7.10. The van der Waals surface area contributed by atoms with Crippen molar-refractivity contribution in [1.82, 2.24) is 0 Å². The number of para-hydroxylation sites is 1. The standard InChI is InChI=1S/C23H21ClN2O5/c1-3-30-21-11-9-16(12-17(21)14-31-22-7-5-4-6-19(22)24)23(27)25-20-13-18(26(28)29)10-8-15(20)2/h4-13H,3,14H2,1-2H3,(H,25,27). The maximum atomic E-state index is 12.8. The number of anilines is 1. The Morgan fingerprint density at radius 1 is 1.06 bits per heavy atom. The van der Waals surface area contributed by atoms with Crippen molar-refractivity contribution in [2.75, 3.05) is 11.9 Å². The largest absolute Gasteiger partial charge is 0.493 e. The molecule has 3 rings (SSSR count). The van der Waals surface area contributed by atoms with E-state index in [2.05, 4.69) is 5.32 Å². The van der Waals surface area contributed by atoms with Crippen LogP contribution in [0.1, 0.15) is 28.4 Å². The smallest absolute Gasteiger partial charge is 0.271 e. The van der Waals surface area contributed by atoms with Gasteiger partial charge in [0.2, 0.25) is 0 Å². The van der Waals surface area contributed by atoms with E-state index in [0.717, 1.165) is 0 Å². The van der Waals surface area contributed by atoms with E-state index in [1.807, 2.05) is 19.1 Å². The third-order valence-electron chi connectivity index (χ3n) is 4.52. The molecule has 0 bridgehead atoms. The average Bonchev–Trinajstić information content (AvgIpc) is 2.75. The van der Waals surface area contributed by atoms with Gasteiger partial charge in [0, 0.05) is 23.3 Å². The van der Waals surface area contributed by atoms with E-state index in [-0.39, 0.29) is 12.3 Å². The van der Waals surface area contributed by atoms with Crippen LogP contribution in [0.3, 0.4) is 0 Å². The summed E-state index contributed by atoms with van der Waals surface area (Å²) in [6.45, 7) is 4.23. The Morgan fingerprint density at radius 3 is 2.55 bits per heavy atom. The van der Waals surface area contributed by atoms with Crippen LogP contribution in [-0.4, -0.2) is 17.4 Å². The number of hydrogen-bond acceptors (Lipinski definition) is 5. The third kappa shape index (κ3) is 5.52. The maximum absolute atomic E-state index is 12.8. The average molecular weight is 441 g/mol. The van der Waals surface area contributed by atoms with Crippen LogP contribution < -0.4 is 14.8 Å². The lowest BCUT2D eigenvalue weighted by molar-refractivity contribution is -0.384. The van der Waals surface area contributed by atoms with Crippen molar-refractivity contribution in [1.29, 1.82) is 0 Å². The van der Waals surface area contributed by atoms with Gasteiger partial charge in [-0.1, -0.05) is 29.8 Å². The number of nitrogens with zero attached hydrogens (tertiary/aromatic N) is 1. The van der Waals surface area contributed by atoms with E-state index in [9.17, 15) is 14.9 Å². The number of amides is 1. The van der Waals surface area contributed by atoms with Crippen LogP contribution in [0.4, 0.5) is 11.4 Å². The van der Waals surface area contributed by atoms with Crippen LogP contribution in [0.5, 0.6) is 11.5 Å². The molecule has 0 fully saturated rings. The number of non-ortho nitro benzene ring substituents is 1. The number of nitro groups is 1. The molecule has 160 valence electrons. The fourth-order valence-corrected chi connectivity index (χ4v) is 3.09. The molecule has 0 aliphatic rings. The number of nitrogens with one attached hydrogen (secondary N) is 1. The van der Waals surface area contributed by atoms with Crippen molar-refractivity contribution in [3.8, 4) is 11.5 Å². The summed E-state index contributed by atoms with van der Waals surface area (Å²) < 4.78 is 11.5. The Bertz CT molecular complexity index is 1120. The van der Waals surface area contributed by atoms with E-state index < -0.39 is 10.8 Å². The Labute approximate surface area is 184 Å². The number of rotatable bonds is 8. The van der Waals surface area contributed by atoms with Gasteiger partial charge in [0.05, 0.1) is 22.2 Å². The zero-order valence-electron chi connectivity index (χ0n) is 17.1. The first-order valence-corrected chi connectivity index (χ1v) is 9.96. The zero-order valence-corrected chi connectivity index (χ0v) is 17.8. The molecule has 0 aromatic heterocycles. The molecule has 31 heavy (non-hydrogen) atoms. The summed E-state index contributed by atoms with van der Waals surface area (Å²) in [5, 5.41) is 14.3. The molecule has 0 radical (unpaired) electrons. The summed E-state index contributed by atoms with van der Waals surface area (Å²) in [5.41, 5.74) is 2.04. The molecule has 3 aromatic rings. The van der Waals surface area contributed by atoms with Crippen molar-refractivity contribution in [3.63, 3.8) is 0 Å². The summed E-state index contributed by atoms with van der Waals surface area (Å²) in [7, 11) is 0. The van der Waals surface area contributed by atoms with Gasteiger partial charge < -0.3 is 14.8 Å². The molecule has 1 N–H and O–H groups in total. The molecule has 0 aliphatic heterocycles. The van der Waals surface area contributed by atoms with Gasteiger partial charge in [-0.15, -0.1) is 0 Å². The van der Waals surface area contributed by atoms with Gasteiger partial charge in [-0.3, -0.25) is 14.9 Å². The molecule has 8 heteroatoms. The fraction of sp³-hybridized carbons (Fsp3) is 0.174. The lowest BCUT2D eigenvalue weighted by Gasteiger charge is -2.14. The highest BCUT2D eigenvalue weighted by molar-refractivity contribution is 6.32. The van der Waals surface area contributed by atoms with Gasteiger partial charge in [0.1, 0.15) is 18.1 Å². The second kappa shape index (κ2) is 9.95. The first-order chi connectivity index (χ1) is 14.9. The maximum Gasteiger partial charge on any atom is 0.271 e. The summed E-state index contributed by atoms with van der Waals surface area (Å²) >= 11 is 6.14. The Balaban J connectivity index is 1.83. The van der Waals surface area contributed by atoms with Gasteiger partial charge in [-0.25, -0.2) is 0 Å². The van der Waals surface area contributed by atoms with Gasteiger partial charge in [0.25, 0.3) is 11.6 Å². The first-order valence-electron chi connectivity index (χ1n) is 9.58. The molecule has 0 saturated heterocycles. The first kappa shape index (κ1) is 22.1. The molecule has 3 aromatic carbocycles. The topological polar surface area (TPSA) is 90.7 Å². The van der Waals surface area contributed by atoms with Crippen LogP contribution in [0.2, 0.25) is 5.02 Å². The van der Waals surface area contributed by atoms with Gasteiger partial charge in [-0.2, -0.15) is 0 Å². The van der Waals surface area contributed by atoms with Gasteiger partial charge in [0.15, 0.2) is 0 Å². The minimum Gasteiger partial charge on any atom is -0.493 e. The van der Waals surface area contributed by atoms with Gasteiger partial charge >= 0.3 is 0 Å². The number of carbonyl (C=O) groups excluding carboxylic acids is 1. The molecule has 1 amide bonds. The van der Waals surface area contributed by atoms with E-state index in [1.54, 1.807) is 43.3 Å². The van der Waals surface area contributed by atoms with Crippen molar-refractivity contribution >= 4 is 28.9 Å². The number of nitro benzene ring substituents is 1. The number of aryl methyl sites for hydroxylation is 1. The summed E-state index contributed by atoms with van der Waals surface area (Å²) in [6.07, 6.45) is 0. The Morgan fingerprint density at radius 2 is 1.84 bits per heavy atom. The molecule has 0 saturated carbocycles. The van der Waals surface area contributed by atoms with Crippen molar-refractivity contribution < 1.29 is 19.2 Å². The predicted molar refractivity (Wildman–Crippen MR) is 119 cm³/mol. The monoisotopic (exact) mass is 440 g/mol. The van der Waals surface area contributed by atoms with Crippen molar-refractivity contribution in [3.05, 3.63) is 92.5 Å². The minimum absolute atomic E-state index is 0.0959. The van der Waals surface area contributed by atoms with Crippen LogP contribution >= 0.6 is 11.6 Å². The van der Waals surface area contributed by atoms with E-state index in [4.69, 9.17) is 21.1 Å². The zero-order chi connectivity index (χ0) is 22.4. The number of halogens is 1. The van der Waals surface area contributed by atoms with Crippen LogP contribution in [0.15, 0.2) is 60.7 Å². The van der Waals surface area contributed by atoms with E-state index in [0.29, 0.717) is 45.5 Å². The summed E-state index contributed by atoms with van der Waals surface area (Å²) in [6, 6.07) is 16.4.